The van der Waals surface area contributed by atoms with Crippen LogP contribution >= 0.6 is 0 Å². The van der Waals surface area contributed by atoms with Gasteiger partial charge < -0.3 is 9.64 Å². The van der Waals surface area contributed by atoms with Gasteiger partial charge in [0.2, 0.25) is 0 Å². The molecule has 0 radical (unpaired) electrons. The molecule has 0 aromatic heterocycles. The molecule has 1 aliphatic rings. The highest BCUT2D eigenvalue weighted by Gasteiger charge is 2.29. The van der Waals surface area contributed by atoms with Gasteiger partial charge in [0.25, 0.3) is 15.9 Å². The zero-order valence-corrected chi connectivity index (χ0v) is 17.2. The number of carbonyl (C=O) groups excluding carboxylic acids is 2. The van der Waals surface area contributed by atoms with Crippen LogP contribution in [0.25, 0.3) is 0 Å². The van der Waals surface area contributed by atoms with E-state index < -0.39 is 10.0 Å². The number of esters is 1. The van der Waals surface area contributed by atoms with Crippen molar-refractivity contribution in [2.75, 3.05) is 24.9 Å². The predicted molar refractivity (Wildman–Crippen MR) is 109 cm³/mol. The first-order valence-electron chi connectivity index (χ1n) is 9.37. The lowest BCUT2D eigenvalue weighted by Gasteiger charge is -2.30. The number of rotatable bonds is 5. The van der Waals surface area contributed by atoms with Crippen molar-refractivity contribution in [3.63, 3.8) is 0 Å². The molecule has 29 heavy (non-hydrogen) atoms. The Bertz CT molecular complexity index is 997. The number of nitrogens with one attached hydrogen (secondary N) is 1. The number of anilines is 1. The average molecular weight is 416 g/mol. The fourth-order valence-corrected chi connectivity index (χ4v) is 4.74. The van der Waals surface area contributed by atoms with Gasteiger partial charge in [0.1, 0.15) is 0 Å². The summed E-state index contributed by atoms with van der Waals surface area (Å²) in [5, 5.41) is 0. The number of aryl methyl sites for hydroxylation is 1. The van der Waals surface area contributed by atoms with Gasteiger partial charge >= 0.3 is 5.97 Å². The summed E-state index contributed by atoms with van der Waals surface area (Å²) in [5.74, 6) is -0.703. The fourth-order valence-electron chi connectivity index (χ4n) is 3.41. The lowest BCUT2D eigenvalue weighted by molar-refractivity contribution is -0.146. The Hall–Kier alpha value is -2.87. The van der Waals surface area contributed by atoms with Crippen LogP contribution in [0.5, 0.6) is 0 Å². The smallest absolute Gasteiger partial charge is 0.308 e. The topological polar surface area (TPSA) is 92.8 Å². The van der Waals surface area contributed by atoms with E-state index in [1.54, 1.807) is 54.3 Å². The second-order valence-electron chi connectivity index (χ2n) is 7.04. The van der Waals surface area contributed by atoms with E-state index in [0.29, 0.717) is 42.7 Å². The molecular weight excluding hydrogens is 392 g/mol. The van der Waals surface area contributed by atoms with Crippen molar-refractivity contribution in [1.82, 2.24) is 4.90 Å². The molecule has 7 nitrogen and oxygen atoms in total. The molecule has 1 saturated heterocycles. The molecule has 8 heteroatoms. The molecule has 154 valence electrons. The number of likely N-dealkylation sites (tertiary alicyclic amines) is 1. The Morgan fingerprint density at radius 3 is 2.34 bits per heavy atom. The molecule has 0 aliphatic carbocycles. The second kappa shape index (κ2) is 8.65. The molecule has 2 aromatic rings. The Morgan fingerprint density at radius 1 is 1.07 bits per heavy atom. The van der Waals surface area contributed by atoms with Crippen LogP contribution in [0.4, 0.5) is 5.69 Å². The first kappa shape index (κ1) is 20.9. The summed E-state index contributed by atoms with van der Waals surface area (Å²) >= 11 is 0. The molecule has 0 unspecified atom stereocenters. The van der Waals surface area contributed by atoms with Gasteiger partial charge in [0, 0.05) is 24.3 Å². The molecule has 1 amide bonds. The number of amides is 1. The Kier molecular flexibility index (Phi) is 6.22. The minimum absolute atomic E-state index is 0.0663. The van der Waals surface area contributed by atoms with Gasteiger partial charge in [-0.2, -0.15) is 0 Å². The van der Waals surface area contributed by atoms with Crippen molar-refractivity contribution in [2.24, 2.45) is 5.92 Å². The number of nitrogens with zero attached hydrogens (tertiary/aromatic N) is 1. The van der Waals surface area contributed by atoms with E-state index >= 15 is 0 Å². The Labute approximate surface area is 170 Å². The van der Waals surface area contributed by atoms with Crippen LogP contribution in [0.1, 0.15) is 28.8 Å². The van der Waals surface area contributed by atoms with Crippen LogP contribution in [0.2, 0.25) is 0 Å². The van der Waals surface area contributed by atoms with Gasteiger partial charge in [-0.1, -0.05) is 24.3 Å². The Balaban J connectivity index is 1.78. The van der Waals surface area contributed by atoms with Gasteiger partial charge in [-0.3, -0.25) is 14.3 Å². The summed E-state index contributed by atoms with van der Waals surface area (Å²) in [5.41, 5.74) is 1.31. The third-order valence-corrected chi connectivity index (χ3v) is 6.59. The van der Waals surface area contributed by atoms with E-state index in [4.69, 9.17) is 4.74 Å². The quantitative estimate of drug-likeness (QED) is 0.757. The number of ether oxygens (including phenoxy) is 1. The third kappa shape index (κ3) is 4.76. The van der Waals surface area contributed by atoms with Gasteiger partial charge in [0.05, 0.1) is 17.9 Å². The highest BCUT2D eigenvalue weighted by atomic mass is 32.2. The number of benzene rings is 2. The monoisotopic (exact) mass is 416 g/mol. The minimum Gasteiger partial charge on any atom is -0.469 e. The zero-order valence-electron chi connectivity index (χ0n) is 16.4. The molecule has 1 heterocycles. The molecule has 3 rings (SSSR count). The van der Waals surface area contributed by atoms with Gasteiger partial charge in [-0.05, 0) is 49.6 Å². The van der Waals surface area contributed by atoms with E-state index in [2.05, 4.69) is 4.72 Å². The standard InChI is InChI=1S/C21H24N2O5S/c1-15-8-9-17(20(24)23-12-10-16(11-13-23)21(25)28-2)14-19(15)29(26,27)22-18-6-4-3-5-7-18/h3-9,14,16,22H,10-13H2,1-2H3. The largest absolute Gasteiger partial charge is 0.469 e. The van der Waals surface area contributed by atoms with Gasteiger partial charge in [0.15, 0.2) is 0 Å². The van der Waals surface area contributed by atoms with Crippen molar-refractivity contribution in [1.29, 1.82) is 0 Å². The van der Waals surface area contributed by atoms with E-state index in [-0.39, 0.29) is 22.7 Å². The van der Waals surface area contributed by atoms with Gasteiger partial charge in [-0.15, -0.1) is 0 Å². The van der Waals surface area contributed by atoms with Crippen LogP contribution in [0, 0.1) is 12.8 Å². The molecule has 0 spiro atoms. The third-order valence-electron chi connectivity index (χ3n) is 5.07. The summed E-state index contributed by atoms with van der Waals surface area (Å²) in [4.78, 5) is 26.3. The normalized spacial score (nSPS) is 15.0. The molecular formula is C21H24N2O5S. The van der Waals surface area contributed by atoms with Crippen molar-refractivity contribution >= 4 is 27.6 Å². The predicted octanol–water partition coefficient (Wildman–Crippen LogP) is 2.82. The maximum Gasteiger partial charge on any atom is 0.308 e. The Morgan fingerprint density at radius 2 is 1.72 bits per heavy atom. The van der Waals surface area contributed by atoms with E-state index in [1.807, 2.05) is 0 Å². The second-order valence-corrected chi connectivity index (χ2v) is 8.69. The van der Waals surface area contributed by atoms with Crippen LogP contribution in [0.3, 0.4) is 0 Å². The summed E-state index contributed by atoms with van der Waals surface area (Å²) in [6, 6.07) is 13.3. The van der Waals surface area contributed by atoms with E-state index in [9.17, 15) is 18.0 Å². The molecule has 0 atom stereocenters. The fraction of sp³-hybridized carbons (Fsp3) is 0.333. The average Bonchev–Trinajstić information content (AvgIpc) is 2.73. The number of carbonyl (C=O) groups is 2. The molecule has 1 fully saturated rings. The summed E-state index contributed by atoms with van der Waals surface area (Å²) < 4.78 is 33.0. The molecule has 0 bridgehead atoms. The van der Waals surface area contributed by atoms with Crippen LogP contribution in [0.15, 0.2) is 53.4 Å². The maximum absolute atomic E-state index is 12.9. The molecule has 0 saturated carbocycles. The molecule has 2 aromatic carbocycles. The minimum atomic E-state index is -3.84. The van der Waals surface area contributed by atoms with Crippen LogP contribution < -0.4 is 4.72 Å². The zero-order chi connectivity index (χ0) is 21.0. The lowest BCUT2D eigenvalue weighted by atomic mass is 9.96. The summed E-state index contributed by atoms with van der Waals surface area (Å²) in [6.07, 6.45) is 1.07. The van der Waals surface area contributed by atoms with Crippen molar-refractivity contribution in [3.8, 4) is 0 Å². The van der Waals surface area contributed by atoms with Crippen molar-refractivity contribution in [2.45, 2.75) is 24.7 Å². The first-order valence-corrected chi connectivity index (χ1v) is 10.9. The van der Waals surface area contributed by atoms with E-state index in [1.165, 1.54) is 13.2 Å². The number of piperidine rings is 1. The SMILES string of the molecule is COC(=O)C1CCN(C(=O)c2ccc(C)c(S(=O)(=O)Nc3ccccc3)c2)CC1. The van der Waals surface area contributed by atoms with E-state index in [0.717, 1.165) is 0 Å². The highest BCUT2D eigenvalue weighted by molar-refractivity contribution is 7.92. The summed E-state index contributed by atoms with van der Waals surface area (Å²) in [6.45, 7) is 2.54. The van der Waals surface area contributed by atoms with Crippen molar-refractivity contribution < 1.29 is 22.7 Å². The number of methoxy groups -OCH3 is 1. The highest BCUT2D eigenvalue weighted by Crippen LogP contribution is 2.24. The number of hydrogen-bond donors (Lipinski definition) is 1. The van der Waals surface area contributed by atoms with Gasteiger partial charge in [-0.25, -0.2) is 8.42 Å². The number of hydrogen-bond acceptors (Lipinski definition) is 5. The summed E-state index contributed by atoms with van der Waals surface area (Å²) in [7, 11) is -2.48. The van der Waals surface area contributed by atoms with Crippen LogP contribution in [-0.4, -0.2) is 45.4 Å². The lowest BCUT2D eigenvalue weighted by Crippen LogP contribution is -2.40. The first-order chi connectivity index (χ1) is 13.8. The number of sulfonamides is 1. The number of para-hydroxylation sites is 1. The van der Waals surface area contributed by atoms with Crippen LogP contribution in [-0.2, 0) is 19.6 Å². The molecule has 1 aliphatic heterocycles. The molecule has 1 N–H and O–H groups in total. The van der Waals surface area contributed by atoms with Crippen molar-refractivity contribution in [3.05, 3.63) is 59.7 Å². The maximum atomic E-state index is 12.9.